The van der Waals surface area contributed by atoms with Crippen molar-refractivity contribution < 1.29 is 9.32 Å². The minimum atomic E-state index is -0.273. The van der Waals surface area contributed by atoms with Gasteiger partial charge in [0.2, 0.25) is 0 Å². The molecule has 2 aromatic rings. The maximum atomic E-state index is 12.0. The van der Waals surface area contributed by atoms with Crippen LogP contribution in [0.5, 0.6) is 0 Å². The molecule has 6 nitrogen and oxygen atoms in total. The summed E-state index contributed by atoms with van der Waals surface area (Å²) in [4.78, 5) is 21.2. The molecule has 7 heteroatoms. The normalized spacial score (nSPS) is 10.4. The van der Waals surface area contributed by atoms with Gasteiger partial charge in [0.15, 0.2) is 0 Å². The zero-order valence-electron chi connectivity index (χ0n) is 9.92. The largest absolute Gasteiger partial charge is 0.361 e. The van der Waals surface area contributed by atoms with Gasteiger partial charge in [-0.2, -0.15) is 0 Å². The Morgan fingerprint density at radius 1 is 1.50 bits per heavy atom. The van der Waals surface area contributed by atoms with Crippen molar-refractivity contribution in [2.45, 2.75) is 13.5 Å². The summed E-state index contributed by atoms with van der Waals surface area (Å²) in [6.07, 6.45) is 2.75. The van der Waals surface area contributed by atoms with E-state index in [1.807, 2.05) is 0 Å². The molecule has 0 unspecified atom stereocenters. The molecule has 0 aliphatic rings. The standard InChI is InChI=1S/C11H11ClN4O2/c1-7-3-8(15-18-7)6-16(2)11(17)9-4-13-5-10(12)14-9/h3-5H,6H2,1-2H3. The van der Waals surface area contributed by atoms with Gasteiger partial charge in [0, 0.05) is 13.1 Å². The van der Waals surface area contributed by atoms with Crippen molar-refractivity contribution in [3.05, 3.63) is 40.8 Å². The van der Waals surface area contributed by atoms with E-state index in [0.717, 1.165) is 0 Å². The van der Waals surface area contributed by atoms with Crippen LogP contribution in [0, 0.1) is 6.92 Å². The third kappa shape index (κ3) is 2.84. The predicted molar refractivity (Wildman–Crippen MR) is 64.1 cm³/mol. The lowest BCUT2D eigenvalue weighted by Crippen LogP contribution is -2.27. The van der Waals surface area contributed by atoms with Crippen LogP contribution in [0.4, 0.5) is 0 Å². The van der Waals surface area contributed by atoms with Gasteiger partial charge in [-0.25, -0.2) is 4.98 Å². The Kier molecular flexibility index (Phi) is 3.57. The Labute approximate surface area is 109 Å². The average molecular weight is 267 g/mol. The lowest BCUT2D eigenvalue weighted by Gasteiger charge is -2.14. The zero-order valence-corrected chi connectivity index (χ0v) is 10.7. The van der Waals surface area contributed by atoms with Gasteiger partial charge in [-0.05, 0) is 6.92 Å². The summed E-state index contributed by atoms with van der Waals surface area (Å²) in [7, 11) is 1.65. The van der Waals surface area contributed by atoms with Gasteiger partial charge >= 0.3 is 0 Å². The lowest BCUT2D eigenvalue weighted by molar-refractivity contribution is 0.0776. The fourth-order valence-electron chi connectivity index (χ4n) is 1.45. The number of nitrogens with zero attached hydrogens (tertiary/aromatic N) is 4. The highest BCUT2D eigenvalue weighted by Gasteiger charge is 2.15. The van der Waals surface area contributed by atoms with Gasteiger partial charge in [0.25, 0.3) is 5.91 Å². The SMILES string of the molecule is Cc1cc(CN(C)C(=O)c2cncc(Cl)n2)no1. The highest BCUT2D eigenvalue weighted by molar-refractivity contribution is 6.29. The van der Waals surface area contributed by atoms with Crippen molar-refractivity contribution >= 4 is 17.5 Å². The minimum absolute atomic E-state index is 0.187. The van der Waals surface area contributed by atoms with Crippen molar-refractivity contribution in [2.24, 2.45) is 0 Å². The van der Waals surface area contributed by atoms with E-state index in [9.17, 15) is 4.79 Å². The Bertz CT molecular complexity index is 570. The van der Waals surface area contributed by atoms with Crippen molar-refractivity contribution in [3.63, 3.8) is 0 Å². The van der Waals surface area contributed by atoms with Crippen molar-refractivity contribution in [1.29, 1.82) is 0 Å². The summed E-state index contributed by atoms with van der Waals surface area (Å²) in [6, 6.07) is 1.77. The second-order valence-corrected chi connectivity index (χ2v) is 4.20. The number of hydrogen-bond acceptors (Lipinski definition) is 5. The van der Waals surface area contributed by atoms with Gasteiger partial charge in [-0.3, -0.25) is 9.78 Å². The number of carbonyl (C=O) groups is 1. The highest BCUT2D eigenvalue weighted by Crippen LogP contribution is 2.08. The second kappa shape index (κ2) is 5.14. The summed E-state index contributed by atoms with van der Waals surface area (Å²) >= 11 is 5.69. The Hall–Kier alpha value is -1.95. The third-order valence-corrected chi connectivity index (χ3v) is 2.43. The maximum absolute atomic E-state index is 12.0. The Morgan fingerprint density at radius 2 is 2.28 bits per heavy atom. The minimum Gasteiger partial charge on any atom is -0.361 e. The number of aryl methyl sites for hydroxylation is 1. The molecule has 2 rings (SSSR count). The summed E-state index contributed by atoms with van der Waals surface area (Å²) in [5, 5.41) is 4.00. The summed E-state index contributed by atoms with van der Waals surface area (Å²) in [6.45, 7) is 2.13. The summed E-state index contributed by atoms with van der Waals surface area (Å²) in [5.74, 6) is 0.430. The molecule has 0 aromatic carbocycles. The molecule has 0 fully saturated rings. The van der Waals surface area contributed by atoms with E-state index in [4.69, 9.17) is 16.1 Å². The zero-order chi connectivity index (χ0) is 13.1. The molecule has 0 saturated heterocycles. The van der Waals surface area contributed by atoms with E-state index in [1.54, 1.807) is 20.0 Å². The number of aromatic nitrogens is 3. The van der Waals surface area contributed by atoms with Crippen LogP contribution < -0.4 is 0 Å². The van der Waals surface area contributed by atoms with Crippen molar-refractivity contribution in [3.8, 4) is 0 Å². The van der Waals surface area contributed by atoms with Crippen LogP contribution >= 0.6 is 11.6 Å². The summed E-state index contributed by atoms with van der Waals surface area (Å²) < 4.78 is 4.93. The highest BCUT2D eigenvalue weighted by atomic mass is 35.5. The quantitative estimate of drug-likeness (QED) is 0.845. The van der Waals surface area contributed by atoms with Crippen molar-refractivity contribution in [1.82, 2.24) is 20.0 Å². The molecule has 0 N–H and O–H groups in total. The molecule has 2 heterocycles. The molecule has 0 aliphatic heterocycles. The number of halogens is 1. The molecule has 0 aliphatic carbocycles. The maximum Gasteiger partial charge on any atom is 0.274 e. The van der Waals surface area contributed by atoms with Crippen LogP contribution in [0.15, 0.2) is 23.0 Å². The summed E-state index contributed by atoms with van der Waals surface area (Å²) in [5.41, 5.74) is 0.878. The van der Waals surface area contributed by atoms with Gasteiger partial charge in [0.1, 0.15) is 22.3 Å². The molecule has 1 amide bonds. The lowest BCUT2D eigenvalue weighted by atomic mass is 10.3. The fraction of sp³-hybridized carbons (Fsp3) is 0.273. The second-order valence-electron chi connectivity index (χ2n) is 3.82. The van der Waals surface area contributed by atoms with E-state index in [-0.39, 0.29) is 16.8 Å². The molecule has 0 saturated carbocycles. The number of carbonyl (C=O) groups excluding carboxylic acids is 1. The van der Waals surface area contributed by atoms with Gasteiger partial charge < -0.3 is 9.42 Å². The van der Waals surface area contributed by atoms with E-state index in [0.29, 0.717) is 18.0 Å². The number of rotatable bonds is 3. The van der Waals surface area contributed by atoms with E-state index >= 15 is 0 Å². The first-order valence-electron chi connectivity index (χ1n) is 5.21. The topological polar surface area (TPSA) is 72.1 Å². The van der Waals surface area contributed by atoms with Gasteiger partial charge in [0.05, 0.1) is 18.9 Å². The van der Waals surface area contributed by atoms with Crippen LogP contribution in [0.1, 0.15) is 21.9 Å². The first kappa shape index (κ1) is 12.5. The molecular formula is C11H11ClN4O2. The van der Waals surface area contributed by atoms with Crippen LogP contribution in [-0.2, 0) is 6.54 Å². The molecule has 0 spiro atoms. The smallest absolute Gasteiger partial charge is 0.274 e. The van der Waals surface area contributed by atoms with Gasteiger partial charge in [-0.1, -0.05) is 16.8 Å². The Balaban J connectivity index is 2.09. The molecule has 0 atom stereocenters. The fourth-order valence-corrected chi connectivity index (χ4v) is 1.60. The monoisotopic (exact) mass is 266 g/mol. The number of amides is 1. The first-order valence-corrected chi connectivity index (χ1v) is 5.59. The predicted octanol–water partition coefficient (Wildman–Crippen LogP) is 1.70. The van der Waals surface area contributed by atoms with Crippen molar-refractivity contribution in [2.75, 3.05) is 7.05 Å². The Morgan fingerprint density at radius 3 is 2.89 bits per heavy atom. The molecule has 0 radical (unpaired) electrons. The molecule has 2 aromatic heterocycles. The number of hydrogen-bond donors (Lipinski definition) is 0. The van der Waals surface area contributed by atoms with Gasteiger partial charge in [-0.15, -0.1) is 0 Å². The van der Waals surface area contributed by atoms with Crippen LogP contribution in [0.3, 0.4) is 0 Å². The molecule has 0 bridgehead atoms. The molecule has 94 valence electrons. The van der Waals surface area contributed by atoms with Crippen LogP contribution in [0.25, 0.3) is 0 Å². The van der Waals surface area contributed by atoms with Crippen LogP contribution in [-0.4, -0.2) is 33.0 Å². The molecular weight excluding hydrogens is 256 g/mol. The van der Waals surface area contributed by atoms with E-state index in [2.05, 4.69) is 15.1 Å². The first-order chi connectivity index (χ1) is 8.56. The molecule has 18 heavy (non-hydrogen) atoms. The average Bonchev–Trinajstić information content (AvgIpc) is 2.73. The van der Waals surface area contributed by atoms with E-state index in [1.165, 1.54) is 17.3 Å². The third-order valence-electron chi connectivity index (χ3n) is 2.25. The van der Waals surface area contributed by atoms with E-state index < -0.39 is 0 Å². The van der Waals surface area contributed by atoms with Crippen LogP contribution in [0.2, 0.25) is 5.15 Å².